The number of likely N-dealkylation sites (N-methyl/N-ethyl adjacent to an activating group) is 1. The molecule has 0 aliphatic carbocycles. The molecule has 2 aromatic carbocycles. The van der Waals surface area contributed by atoms with E-state index in [9.17, 15) is 5.11 Å². The van der Waals surface area contributed by atoms with Crippen LogP contribution >= 0.6 is 0 Å². The summed E-state index contributed by atoms with van der Waals surface area (Å²) >= 11 is 0. The lowest BCUT2D eigenvalue weighted by Gasteiger charge is -2.32. The molecular formula is C25H29N5O2. The van der Waals surface area contributed by atoms with Gasteiger partial charge in [-0.2, -0.15) is 0 Å². The van der Waals surface area contributed by atoms with Crippen LogP contribution in [0.4, 0.5) is 5.69 Å². The molecule has 166 valence electrons. The first kappa shape index (κ1) is 20.7. The molecule has 0 radical (unpaired) electrons. The molecule has 0 atom stereocenters. The van der Waals surface area contributed by atoms with E-state index in [4.69, 9.17) is 14.7 Å². The van der Waals surface area contributed by atoms with Gasteiger partial charge in [0.15, 0.2) is 5.82 Å². The third-order valence-corrected chi connectivity index (χ3v) is 6.01. The van der Waals surface area contributed by atoms with E-state index in [1.807, 2.05) is 38.4 Å². The number of imidazole rings is 1. The van der Waals surface area contributed by atoms with E-state index in [-0.39, 0.29) is 6.10 Å². The fourth-order valence-electron chi connectivity index (χ4n) is 4.17. The van der Waals surface area contributed by atoms with Gasteiger partial charge in [-0.25, -0.2) is 9.97 Å². The van der Waals surface area contributed by atoms with Crippen molar-refractivity contribution in [2.24, 2.45) is 0 Å². The number of benzene rings is 2. The Morgan fingerprint density at radius 2 is 1.94 bits per heavy atom. The highest BCUT2D eigenvalue weighted by atomic mass is 16.5. The molecule has 1 aliphatic heterocycles. The van der Waals surface area contributed by atoms with Gasteiger partial charge in [0.25, 0.3) is 0 Å². The number of piperidine rings is 1. The van der Waals surface area contributed by atoms with Crippen molar-refractivity contribution in [2.45, 2.75) is 18.9 Å². The zero-order valence-corrected chi connectivity index (χ0v) is 18.6. The second-order valence-corrected chi connectivity index (χ2v) is 8.68. The third kappa shape index (κ3) is 4.26. The normalized spacial score (nSPS) is 15.2. The molecule has 32 heavy (non-hydrogen) atoms. The van der Waals surface area contributed by atoms with Crippen LogP contribution in [0.15, 0.2) is 48.5 Å². The number of anilines is 1. The Balaban J connectivity index is 1.45. The Morgan fingerprint density at radius 3 is 2.75 bits per heavy atom. The molecule has 1 aliphatic rings. The summed E-state index contributed by atoms with van der Waals surface area (Å²) in [7, 11) is 4.06. The van der Waals surface area contributed by atoms with Crippen molar-refractivity contribution in [3.8, 4) is 17.3 Å². The van der Waals surface area contributed by atoms with Crippen LogP contribution < -0.4 is 9.64 Å². The summed E-state index contributed by atoms with van der Waals surface area (Å²) in [6.45, 7) is 3.18. The Kier molecular flexibility index (Phi) is 5.68. The predicted molar refractivity (Wildman–Crippen MR) is 128 cm³/mol. The SMILES string of the molecule is CN(C)CCOc1ccc2[nH]c(-c3ccc4cccc(N5CCC(O)CC5)c4n3)nc2c1. The van der Waals surface area contributed by atoms with Gasteiger partial charge in [-0.1, -0.05) is 18.2 Å². The largest absolute Gasteiger partial charge is 0.492 e. The molecule has 0 unspecified atom stereocenters. The average Bonchev–Trinajstić information content (AvgIpc) is 3.22. The van der Waals surface area contributed by atoms with Gasteiger partial charge in [0.1, 0.15) is 18.1 Å². The highest BCUT2D eigenvalue weighted by Crippen LogP contribution is 2.30. The maximum Gasteiger partial charge on any atom is 0.157 e. The van der Waals surface area contributed by atoms with Crippen molar-refractivity contribution in [3.05, 3.63) is 48.5 Å². The van der Waals surface area contributed by atoms with Gasteiger partial charge in [0.05, 0.1) is 28.3 Å². The minimum atomic E-state index is -0.197. The Bertz CT molecular complexity index is 1230. The first-order valence-electron chi connectivity index (χ1n) is 11.2. The van der Waals surface area contributed by atoms with Gasteiger partial charge in [-0.05, 0) is 51.2 Å². The number of hydrogen-bond acceptors (Lipinski definition) is 6. The van der Waals surface area contributed by atoms with Crippen LogP contribution in [0.3, 0.4) is 0 Å². The minimum Gasteiger partial charge on any atom is -0.492 e. The number of rotatable bonds is 6. The second kappa shape index (κ2) is 8.76. The molecule has 4 aromatic rings. The van der Waals surface area contributed by atoms with Crippen LogP contribution in [0.1, 0.15) is 12.8 Å². The Labute approximate surface area is 187 Å². The van der Waals surface area contributed by atoms with Crippen LogP contribution in [0.25, 0.3) is 33.5 Å². The predicted octanol–water partition coefficient (Wildman–Crippen LogP) is 3.68. The first-order valence-corrected chi connectivity index (χ1v) is 11.2. The molecule has 0 amide bonds. The number of nitrogens with zero attached hydrogens (tertiary/aromatic N) is 4. The molecular weight excluding hydrogens is 402 g/mol. The number of hydrogen-bond donors (Lipinski definition) is 2. The molecule has 1 fully saturated rings. The van der Waals surface area contributed by atoms with Gasteiger partial charge in [0.2, 0.25) is 0 Å². The standard InChI is InChI=1S/C25H29N5O2/c1-29(2)14-15-32-19-7-9-20-22(16-19)28-25(27-20)21-8-6-17-4-3-5-23(24(17)26-21)30-12-10-18(31)11-13-30/h3-9,16,18,31H,10-15H2,1-2H3,(H,27,28). The number of aromatic nitrogens is 3. The zero-order valence-electron chi connectivity index (χ0n) is 18.6. The van der Waals surface area contributed by atoms with E-state index < -0.39 is 0 Å². The number of pyridine rings is 1. The van der Waals surface area contributed by atoms with E-state index in [2.05, 4.69) is 39.0 Å². The molecule has 5 rings (SSSR count). The quantitative estimate of drug-likeness (QED) is 0.485. The van der Waals surface area contributed by atoms with Crippen LogP contribution in [-0.2, 0) is 0 Å². The number of aliphatic hydroxyl groups is 1. The number of aromatic amines is 1. The summed E-state index contributed by atoms with van der Waals surface area (Å²) in [5, 5.41) is 11.0. The topological polar surface area (TPSA) is 77.5 Å². The molecule has 3 heterocycles. The number of H-pyrrole nitrogens is 1. The molecule has 7 nitrogen and oxygen atoms in total. The molecule has 2 aromatic heterocycles. The summed E-state index contributed by atoms with van der Waals surface area (Å²) in [6.07, 6.45) is 1.38. The van der Waals surface area contributed by atoms with Crippen LogP contribution in [0.5, 0.6) is 5.75 Å². The summed E-state index contributed by atoms with van der Waals surface area (Å²) in [4.78, 5) is 17.6. The molecule has 0 bridgehead atoms. The summed E-state index contributed by atoms with van der Waals surface area (Å²) in [5.74, 6) is 1.56. The molecule has 0 saturated carbocycles. The summed E-state index contributed by atoms with van der Waals surface area (Å²) < 4.78 is 5.85. The van der Waals surface area contributed by atoms with Crippen molar-refractivity contribution in [2.75, 3.05) is 45.2 Å². The fourth-order valence-corrected chi connectivity index (χ4v) is 4.17. The van der Waals surface area contributed by atoms with Gasteiger partial charge in [-0.15, -0.1) is 0 Å². The summed E-state index contributed by atoms with van der Waals surface area (Å²) in [6, 6.07) is 16.3. The molecule has 0 spiro atoms. The third-order valence-electron chi connectivity index (χ3n) is 6.01. The number of aliphatic hydroxyl groups excluding tert-OH is 1. The Morgan fingerprint density at radius 1 is 1.09 bits per heavy atom. The van der Waals surface area contributed by atoms with E-state index in [0.717, 1.165) is 77.4 Å². The highest BCUT2D eigenvalue weighted by molar-refractivity contribution is 5.92. The van der Waals surface area contributed by atoms with Crippen molar-refractivity contribution in [1.82, 2.24) is 19.9 Å². The fraction of sp³-hybridized carbons (Fsp3) is 0.360. The minimum absolute atomic E-state index is 0.197. The number of ether oxygens (including phenoxy) is 1. The van der Waals surface area contributed by atoms with Gasteiger partial charge in [-0.3, -0.25) is 0 Å². The van der Waals surface area contributed by atoms with Crippen molar-refractivity contribution < 1.29 is 9.84 Å². The molecule has 2 N–H and O–H groups in total. The molecule has 7 heteroatoms. The van der Waals surface area contributed by atoms with Gasteiger partial charge < -0.3 is 24.6 Å². The van der Waals surface area contributed by atoms with E-state index >= 15 is 0 Å². The summed E-state index contributed by atoms with van der Waals surface area (Å²) in [5.41, 5.74) is 4.72. The maximum absolute atomic E-state index is 9.87. The van der Waals surface area contributed by atoms with E-state index in [1.54, 1.807) is 0 Å². The van der Waals surface area contributed by atoms with Crippen LogP contribution in [0, 0.1) is 0 Å². The highest BCUT2D eigenvalue weighted by Gasteiger charge is 2.20. The van der Waals surface area contributed by atoms with Crippen molar-refractivity contribution in [1.29, 1.82) is 0 Å². The monoisotopic (exact) mass is 431 g/mol. The van der Waals surface area contributed by atoms with Crippen molar-refractivity contribution >= 4 is 27.6 Å². The smallest absolute Gasteiger partial charge is 0.157 e. The van der Waals surface area contributed by atoms with Crippen molar-refractivity contribution in [3.63, 3.8) is 0 Å². The lowest BCUT2D eigenvalue weighted by Crippen LogP contribution is -2.35. The van der Waals surface area contributed by atoms with E-state index in [1.165, 1.54) is 0 Å². The maximum atomic E-state index is 9.87. The van der Waals surface area contributed by atoms with Gasteiger partial charge >= 0.3 is 0 Å². The lowest BCUT2D eigenvalue weighted by atomic mass is 10.1. The Hall–Kier alpha value is -3.16. The number of fused-ring (bicyclic) bond motifs is 2. The molecule has 1 saturated heterocycles. The number of nitrogens with one attached hydrogen (secondary N) is 1. The van der Waals surface area contributed by atoms with Gasteiger partial charge in [0, 0.05) is 31.1 Å². The zero-order chi connectivity index (χ0) is 22.1. The lowest BCUT2D eigenvalue weighted by molar-refractivity contribution is 0.145. The van der Waals surface area contributed by atoms with Crippen LogP contribution in [-0.4, -0.2) is 71.4 Å². The average molecular weight is 432 g/mol. The van der Waals surface area contributed by atoms with Crippen LogP contribution in [0.2, 0.25) is 0 Å². The second-order valence-electron chi connectivity index (χ2n) is 8.68. The number of para-hydroxylation sites is 1. The van der Waals surface area contributed by atoms with E-state index in [0.29, 0.717) is 6.61 Å². The first-order chi connectivity index (χ1) is 15.6.